The molecule has 3 nitrogen and oxygen atoms in total. The summed E-state index contributed by atoms with van der Waals surface area (Å²) in [5.74, 6) is 1.96. The van der Waals surface area contributed by atoms with Crippen LogP contribution in [0.3, 0.4) is 0 Å². The molecule has 80 valence electrons. The Hall–Kier alpha value is -0.370. The van der Waals surface area contributed by atoms with Gasteiger partial charge < -0.3 is 9.79 Å². The van der Waals surface area contributed by atoms with E-state index in [9.17, 15) is 4.57 Å². The predicted octanol–water partition coefficient (Wildman–Crippen LogP) is 2.67. The maximum absolute atomic E-state index is 10.6. The molecule has 1 aliphatic carbocycles. The molecular formula is C10H17O3P. The van der Waals surface area contributed by atoms with Crippen LogP contribution < -0.4 is 0 Å². The first kappa shape index (κ1) is 11.7. The maximum Gasteiger partial charge on any atom is 0.348 e. The van der Waals surface area contributed by atoms with Gasteiger partial charge in [0.05, 0.1) is 0 Å². The lowest BCUT2D eigenvalue weighted by atomic mass is 9.82. The Morgan fingerprint density at radius 2 is 1.64 bits per heavy atom. The van der Waals surface area contributed by atoms with Crippen molar-refractivity contribution in [1.82, 2.24) is 0 Å². The Kier molecular flexibility index (Phi) is 4.11. The zero-order chi connectivity index (χ0) is 10.6. The summed E-state index contributed by atoms with van der Waals surface area (Å²) in [6, 6.07) is 0. The van der Waals surface area contributed by atoms with E-state index in [1.54, 1.807) is 6.08 Å². The Morgan fingerprint density at radius 3 is 2.07 bits per heavy atom. The van der Waals surface area contributed by atoms with Crippen LogP contribution >= 0.6 is 7.60 Å². The first-order valence-electron chi connectivity index (χ1n) is 4.88. The van der Waals surface area contributed by atoms with Crippen molar-refractivity contribution in [2.24, 2.45) is 11.8 Å². The van der Waals surface area contributed by atoms with E-state index in [-0.39, 0.29) is 0 Å². The van der Waals surface area contributed by atoms with Gasteiger partial charge in [0.2, 0.25) is 0 Å². The first-order chi connectivity index (χ1) is 6.51. The van der Waals surface area contributed by atoms with Gasteiger partial charge in [-0.3, -0.25) is 4.57 Å². The van der Waals surface area contributed by atoms with E-state index in [0.29, 0.717) is 11.8 Å². The molecule has 0 radical (unpaired) electrons. The molecular weight excluding hydrogens is 199 g/mol. The van der Waals surface area contributed by atoms with Gasteiger partial charge in [0, 0.05) is 5.82 Å². The van der Waals surface area contributed by atoms with Gasteiger partial charge in [0.1, 0.15) is 0 Å². The molecule has 1 fully saturated rings. The van der Waals surface area contributed by atoms with Gasteiger partial charge >= 0.3 is 7.60 Å². The molecule has 0 aromatic heterocycles. The molecule has 0 spiro atoms. The molecule has 0 unspecified atom stereocenters. The molecule has 1 saturated carbocycles. The van der Waals surface area contributed by atoms with Crippen LogP contribution in [-0.2, 0) is 4.57 Å². The molecule has 0 saturated heterocycles. The summed E-state index contributed by atoms with van der Waals surface area (Å²) in [6.45, 7) is 3.75. The van der Waals surface area contributed by atoms with Crippen LogP contribution in [-0.4, -0.2) is 9.79 Å². The van der Waals surface area contributed by atoms with Crippen molar-refractivity contribution in [3.8, 4) is 0 Å². The zero-order valence-electron chi connectivity index (χ0n) is 8.17. The van der Waals surface area contributed by atoms with Crippen molar-refractivity contribution in [1.29, 1.82) is 0 Å². The molecule has 0 bridgehead atoms. The van der Waals surface area contributed by atoms with Gasteiger partial charge in [-0.2, -0.15) is 0 Å². The van der Waals surface area contributed by atoms with E-state index >= 15 is 0 Å². The summed E-state index contributed by atoms with van der Waals surface area (Å²) in [4.78, 5) is 17.3. The van der Waals surface area contributed by atoms with E-state index in [1.165, 1.54) is 0 Å². The fourth-order valence-corrected chi connectivity index (χ4v) is 2.27. The van der Waals surface area contributed by atoms with Crippen molar-refractivity contribution in [2.45, 2.75) is 25.7 Å². The molecule has 0 heterocycles. The van der Waals surface area contributed by atoms with Crippen LogP contribution in [0.1, 0.15) is 25.7 Å². The standard InChI is InChI=1S/C10H17O3P/c1-2-9-3-5-10(6-4-9)7-8-14(11,12)13/h2,7-10H,1,3-6H2,(H2,11,12,13)/b8-7-. The highest BCUT2D eigenvalue weighted by Gasteiger charge is 2.18. The van der Waals surface area contributed by atoms with Crippen LogP contribution in [0.15, 0.2) is 24.5 Å². The third kappa shape index (κ3) is 4.23. The highest BCUT2D eigenvalue weighted by molar-refractivity contribution is 7.55. The van der Waals surface area contributed by atoms with Crippen LogP contribution in [0.25, 0.3) is 0 Å². The van der Waals surface area contributed by atoms with Gasteiger partial charge in [0.15, 0.2) is 0 Å². The predicted molar refractivity (Wildman–Crippen MR) is 56.8 cm³/mol. The highest BCUT2D eigenvalue weighted by Crippen LogP contribution is 2.38. The second-order valence-electron chi connectivity index (χ2n) is 3.84. The third-order valence-electron chi connectivity index (χ3n) is 2.70. The number of hydrogen-bond donors (Lipinski definition) is 2. The summed E-state index contributed by atoms with van der Waals surface area (Å²) in [5.41, 5.74) is 0. The number of hydrogen-bond acceptors (Lipinski definition) is 1. The lowest BCUT2D eigenvalue weighted by Crippen LogP contribution is -2.10. The summed E-state index contributed by atoms with van der Waals surface area (Å²) < 4.78 is 10.6. The van der Waals surface area contributed by atoms with E-state index in [1.807, 2.05) is 6.08 Å². The molecule has 4 heteroatoms. The van der Waals surface area contributed by atoms with Crippen molar-refractivity contribution < 1.29 is 14.4 Å². The smallest absolute Gasteiger partial charge is 0.321 e. The Morgan fingerprint density at radius 1 is 1.14 bits per heavy atom. The molecule has 0 aliphatic heterocycles. The van der Waals surface area contributed by atoms with Crippen LogP contribution in [0.5, 0.6) is 0 Å². The van der Waals surface area contributed by atoms with E-state index in [0.717, 1.165) is 31.5 Å². The van der Waals surface area contributed by atoms with Gasteiger partial charge in [-0.15, -0.1) is 6.58 Å². The maximum atomic E-state index is 10.6. The van der Waals surface area contributed by atoms with Crippen molar-refractivity contribution in [2.75, 3.05) is 0 Å². The molecule has 0 aromatic carbocycles. The van der Waals surface area contributed by atoms with Crippen LogP contribution in [0.4, 0.5) is 0 Å². The zero-order valence-corrected chi connectivity index (χ0v) is 9.07. The fraction of sp³-hybridized carbons (Fsp3) is 0.600. The van der Waals surface area contributed by atoms with E-state index in [2.05, 4.69) is 6.58 Å². The Balaban J connectivity index is 2.39. The third-order valence-corrected chi connectivity index (χ3v) is 3.26. The minimum absolute atomic E-state index is 0.332. The largest absolute Gasteiger partial charge is 0.348 e. The summed E-state index contributed by atoms with van der Waals surface area (Å²) in [7, 11) is -3.96. The topological polar surface area (TPSA) is 57.5 Å². The van der Waals surface area contributed by atoms with E-state index < -0.39 is 7.60 Å². The number of rotatable bonds is 3. The minimum atomic E-state index is -3.96. The SMILES string of the molecule is C=CC1CCC(/C=C\P(=O)(O)O)CC1. The van der Waals surface area contributed by atoms with Crippen molar-refractivity contribution in [3.05, 3.63) is 24.5 Å². The number of allylic oxidation sites excluding steroid dienone is 2. The van der Waals surface area contributed by atoms with Gasteiger partial charge in [-0.05, 0) is 37.5 Å². The van der Waals surface area contributed by atoms with Gasteiger partial charge in [-0.25, -0.2) is 0 Å². The molecule has 1 aliphatic rings. The Labute approximate surface area is 84.7 Å². The normalized spacial score (nSPS) is 29.3. The minimum Gasteiger partial charge on any atom is -0.321 e. The fourth-order valence-electron chi connectivity index (χ4n) is 1.81. The second-order valence-corrected chi connectivity index (χ2v) is 5.32. The van der Waals surface area contributed by atoms with Crippen LogP contribution in [0, 0.1) is 11.8 Å². The van der Waals surface area contributed by atoms with Crippen molar-refractivity contribution >= 4 is 7.60 Å². The summed E-state index contributed by atoms with van der Waals surface area (Å²) in [6.07, 6.45) is 7.82. The lowest BCUT2D eigenvalue weighted by molar-refractivity contribution is 0.355. The summed E-state index contributed by atoms with van der Waals surface area (Å²) in [5, 5.41) is 0. The van der Waals surface area contributed by atoms with E-state index in [4.69, 9.17) is 9.79 Å². The monoisotopic (exact) mass is 216 g/mol. The quantitative estimate of drug-likeness (QED) is 0.563. The van der Waals surface area contributed by atoms with Crippen LogP contribution in [0.2, 0.25) is 0 Å². The highest BCUT2D eigenvalue weighted by atomic mass is 31.2. The Bertz CT molecular complexity index is 259. The molecule has 0 atom stereocenters. The van der Waals surface area contributed by atoms with Crippen molar-refractivity contribution in [3.63, 3.8) is 0 Å². The second kappa shape index (κ2) is 4.92. The molecule has 0 aromatic rings. The molecule has 1 rings (SSSR count). The summed E-state index contributed by atoms with van der Waals surface area (Å²) >= 11 is 0. The molecule has 14 heavy (non-hydrogen) atoms. The van der Waals surface area contributed by atoms with Gasteiger partial charge in [-0.1, -0.05) is 12.2 Å². The average Bonchev–Trinajstić information content (AvgIpc) is 2.14. The molecule has 0 amide bonds. The first-order valence-corrected chi connectivity index (χ1v) is 6.56. The van der Waals surface area contributed by atoms with Gasteiger partial charge in [0.25, 0.3) is 0 Å². The lowest BCUT2D eigenvalue weighted by Gasteiger charge is -2.24. The molecule has 2 N–H and O–H groups in total. The average molecular weight is 216 g/mol.